The Morgan fingerprint density at radius 1 is 1.17 bits per heavy atom. The third-order valence-corrected chi connectivity index (χ3v) is 6.03. The van der Waals surface area contributed by atoms with Gasteiger partial charge in [0.2, 0.25) is 0 Å². The molecule has 0 fully saturated rings. The molecule has 2 aromatic carbocycles. The zero-order valence-electron chi connectivity index (χ0n) is 19.7. The Morgan fingerprint density at radius 2 is 1.94 bits per heavy atom. The van der Waals surface area contributed by atoms with Gasteiger partial charge < -0.3 is 9.15 Å². The number of allylic oxidation sites excluding steroid dienone is 1. The fourth-order valence-corrected chi connectivity index (χ4v) is 4.11. The summed E-state index contributed by atoms with van der Waals surface area (Å²) in [6.45, 7) is 4.39. The summed E-state index contributed by atoms with van der Waals surface area (Å²) in [5, 5.41) is 14.0. The summed E-state index contributed by atoms with van der Waals surface area (Å²) in [5.41, 5.74) is 5.06. The van der Waals surface area contributed by atoms with Crippen molar-refractivity contribution in [2.24, 2.45) is 5.10 Å². The molecule has 8 nitrogen and oxygen atoms in total. The van der Waals surface area contributed by atoms with Crippen LogP contribution in [0.5, 0.6) is 5.75 Å². The second-order valence-corrected chi connectivity index (χ2v) is 8.94. The minimum absolute atomic E-state index is 0.105. The van der Waals surface area contributed by atoms with Crippen molar-refractivity contribution in [3.05, 3.63) is 83.3 Å². The number of benzene rings is 2. The minimum atomic E-state index is -0.267. The van der Waals surface area contributed by atoms with Gasteiger partial charge in [-0.25, -0.2) is 5.43 Å². The number of rotatable bonds is 10. The number of ether oxygens (including phenoxy) is 1. The maximum Gasteiger partial charge on any atom is 0.250 e. The molecule has 36 heavy (non-hydrogen) atoms. The zero-order chi connectivity index (χ0) is 25.3. The molecule has 4 rings (SSSR count). The Kier molecular flexibility index (Phi) is 8.59. The van der Waals surface area contributed by atoms with Crippen LogP contribution in [0.25, 0.3) is 23.2 Å². The molecule has 10 heteroatoms. The van der Waals surface area contributed by atoms with Gasteiger partial charge in [0.15, 0.2) is 11.0 Å². The summed E-state index contributed by atoms with van der Waals surface area (Å²) in [5.74, 6) is 1.96. The molecule has 0 bridgehead atoms. The lowest BCUT2D eigenvalue weighted by atomic mass is 10.2. The molecule has 2 heterocycles. The van der Waals surface area contributed by atoms with Crippen LogP contribution in [0.2, 0.25) is 5.02 Å². The molecule has 0 saturated heterocycles. The molecule has 1 N–H and O–H groups in total. The number of amides is 1. The first-order valence-corrected chi connectivity index (χ1v) is 12.5. The van der Waals surface area contributed by atoms with Gasteiger partial charge in [-0.3, -0.25) is 9.36 Å². The Balaban J connectivity index is 1.49. The summed E-state index contributed by atoms with van der Waals surface area (Å²) < 4.78 is 12.7. The minimum Gasteiger partial charge on any atom is -0.494 e. The summed E-state index contributed by atoms with van der Waals surface area (Å²) >= 11 is 7.33. The average molecular weight is 522 g/mol. The summed E-state index contributed by atoms with van der Waals surface area (Å²) in [4.78, 5) is 12.4. The summed E-state index contributed by atoms with van der Waals surface area (Å²) in [7, 11) is 0. The van der Waals surface area contributed by atoms with Crippen molar-refractivity contribution in [3.8, 4) is 22.8 Å². The Hall–Kier alpha value is -3.82. The molecule has 0 saturated carbocycles. The van der Waals surface area contributed by atoms with Crippen LogP contribution in [0.1, 0.15) is 19.6 Å². The van der Waals surface area contributed by atoms with Crippen LogP contribution in [-0.2, 0) is 4.79 Å². The number of hydrogen-bond donors (Lipinski definition) is 1. The average Bonchev–Trinajstić information content (AvgIpc) is 3.54. The van der Waals surface area contributed by atoms with Gasteiger partial charge in [0.1, 0.15) is 11.5 Å². The van der Waals surface area contributed by atoms with Crippen LogP contribution in [-0.4, -0.2) is 39.2 Å². The topological polar surface area (TPSA) is 94.5 Å². The normalized spacial score (nSPS) is 11.7. The quantitative estimate of drug-likeness (QED) is 0.159. The first kappa shape index (κ1) is 25.3. The fourth-order valence-electron chi connectivity index (χ4n) is 3.24. The highest BCUT2D eigenvalue weighted by Crippen LogP contribution is 2.29. The number of hydrogen-bond acceptors (Lipinski definition) is 7. The summed E-state index contributed by atoms with van der Waals surface area (Å²) in [6.07, 6.45) is 4.98. The first-order chi connectivity index (χ1) is 17.5. The van der Waals surface area contributed by atoms with Crippen LogP contribution in [0, 0.1) is 0 Å². The van der Waals surface area contributed by atoms with Crippen molar-refractivity contribution in [1.29, 1.82) is 0 Å². The van der Waals surface area contributed by atoms with Crippen molar-refractivity contribution in [3.63, 3.8) is 0 Å². The molecule has 0 radical (unpaired) electrons. The highest BCUT2D eigenvalue weighted by Gasteiger charge is 2.17. The molecular weight excluding hydrogens is 498 g/mol. The van der Waals surface area contributed by atoms with Crippen molar-refractivity contribution < 1.29 is 13.9 Å². The number of aromatic nitrogens is 3. The molecule has 184 valence electrons. The number of carbonyl (C=O) groups excluding carboxylic acids is 1. The third kappa shape index (κ3) is 6.65. The van der Waals surface area contributed by atoms with E-state index in [-0.39, 0.29) is 11.7 Å². The molecule has 1 amide bonds. The second-order valence-electron chi connectivity index (χ2n) is 7.56. The van der Waals surface area contributed by atoms with Gasteiger partial charge in [-0.1, -0.05) is 23.4 Å². The molecule has 4 aromatic rings. The van der Waals surface area contributed by atoms with Crippen LogP contribution >= 0.6 is 23.4 Å². The van der Waals surface area contributed by atoms with Crippen LogP contribution in [0.3, 0.4) is 0 Å². The summed E-state index contributed by atoms with van der Waals surface area (Å²) in [6, 6.07) is 18.6. The van der Waals surface area contributed by atoms with Crippen LogP contribution in [0.4, 0.5) is 0 Å². The number of halogens is 1. The van der Waals surface area contributed by atoms with E-state index in [1.807, 2.05) is 67.0 Å². The second kappa shape index (κ2) is 12.2. The molecular formula is C26H24ClN5O3S. The number of nitrogens with zero attached hydrogens (tertiary/aromatic N) is 4. The smallest absolute Gasteiger partial charge is 0.250 e. The highest BCUT2D eigenvalue weighted by atomic mass is 35.5. The van der Waals surface area contributed by atoms with Crippen LogP contribution in [0.15, 0.2) is 87.2 Å². The zero-order valence-corrected chi connectivity index (χ0v) is 21.3. The van der Waals surface area contributed by atoms with Gasteiger partial charge in [0.05, 0.1) is 24.8 Å². The molecule has 0 aliphatic rings. The number of carbonyl (C=O) groups is 1. The molecule has 0 aliphatic carbocycles. The number of nitrogens with one attached hydrogen (secondary N) is 1. The van der Waals surface area contributed by atoms with E-state index in [9.17, 15) is 4.79 Å². The van der Waals surface area contributed by atoms with E-state index in [1.54, 1.807) is 30.7 Å². The number of furan rings is 1. The Labute approximate surface area is 218 Å². The monoisotopic (exact) mass is 521 g/mol. The molecule has 2 aromatic heterocycles. The van der Waals surface area contributed by atoms with E-state index in [1.165, 1.54) is 11.8 Å². The fraction of sp³-hybridized carbons (Fsp3) is 0.154. The van der Waals surface area contributed by atoms with E-state index in [0.29, 0.717) is 28.4 Å². The highest BCUT2D eigenvalue weighted by molar-refractivity contribution is 7.99. The largest absolute Gasteiger partial charge is 0.494 e. The van der Waals surface area contributed by atoms with E-state index in [4.69, 9.17) is 20.8 Å². The lowest BCUT2D eigenvalue weighted by molar-refractivity contribution is -0.118. The van der Waals surface area contributed by atoms with E-state index in [2.05, 4.69) is 20.7 Å². The Morgan fingerprint density at radius 3 is 2.64 bits per heavy atom. The SMILES string of the molecule is CCOc1ccc(-n2c(SCC(=O)NN=CC(C)=Cc3ccco3)nnc2-c2ccc(Cl)cc2)cc1. The molecule has 0 atom stereocenters. The van der Waals surface area contributed by atoms with Gasteiger partial charge in [0, 0.05) is 16.3 Å². The van der Waals surface area contributed by atoms with Crippen molar-refractivity contribution in [2.45, 2.75) is 19.0 Å². The predicted molar refractivity (Wildman–Crippen MR) is 143 cm³/mol. The predicted octanol–water partition coefficient (Wildman–Crippen LogP) is 5.88. The third-order valence-electron chi connectivity index (χ3n) is 4.84. The maximum absolute atomic E-state index is 12.4. The van der Waals surface area contributed by atoms with Crippen molar-refractivity contribution >= 4 is 41.6 Å². The van der Waals surface area contributed by atoms with Gasteiger partial charge >= 0.3 is 0 Å². The molecule has 0 spiro atoms. The van der Waals surface area contributed by atoms with Gasteiger partial charge in [-0.2, -0.15) is 5.10 Å². The van der Waals surface area contributed by atoms with E-state index in [0.717, 1.165) is 22.6 Å². The maximum atomic E-state index is 12.4. The first-order valence-electron chi connectivity index (χ1n) is 11.1. The Bertz CT molecular complexity index is 1350. The lowest BCUT2D eigenvalue weighted by Crippen LogP contribution is -2.20. The van der Waals surface area contributed by atoms with Gasteiger partial charge in [0.25, 0.3) is 5.91 Å². The van der Waals surface area contributed by atoms with Gasteiger partial charge in [-0.05, 0) is 86.2 Å². The molecule has 0 unspecified atom stereocenters. The lowest BCUT2D eigenvalue weighted by Gasteiger charge is -2.11. The van der Waals surface area contributed by atoms with E-state index < -0.39 is 0 Å². The molecule has 0 aliphatic heterocycles. The van der Waals surface area contributed by atoms with Crippen molar-refractivity contribution in [1.82, 2.24) is 20.2 Å². The van der Waals surface area contributed by atoms with Gasteiger partial charge in [-0.15, -0.1) is 10.2 Å². The number of thioether (sulfide) groups is 1. The van der Waals surface area contributed by atoms with E-state index >= 15 is 0 Å². The number of hydrazone groups is 1. The van der Waals surface area contributed by atoms with Crippen LogP contribution < -0.4 is 10.2 Å². The standard InChI is InChI=1S/C26H24ClN5O3S/c1-3-34-22-12-10-21(11-13-22)32-25(19-6-8-20(27)9-7-19)30-31-26(32)36-17-24(33)29-28-16-18(2)15-23-5-4-14-35-23/h4-16H,3,17H2,1-2H3,(H,29,33). The van der Waals surface area contributed by atoms with Crippen molar-refractivity contribution in [2.75, 3.05) is 12.4 Å².